The highest BCUT2D eigenvalue weighted by atomic mass is 31.2. The number of unbranched alkanes of at least 4 members (excludes halogenated alkanes) is 42. The van der Waals surface area contributed by atoms with E-state index in [2.05, 4.69) is 41.5 Å². The molecule has 0 aromatic heterocycles. The molecule has 6 atom stereocenters. The van der Waals surface area contributed by atoms with Crippen LogP contribution in [0.4, 0.5) is 0 Å². The Kier molecular flexibility index (Phi) is 64.6. The van der Waals surface area contributed by atoms with Crippen molar-refractivity contribution < 1.29 is 80.2 Å². The predicted molar refractivity (Wildman–Crippen MR) is 377 cm³/mol. The van der Waals surface area contributed by atoms with Gasteiger partial charge in [-0.3, -0.25) is 37.3 Å². The van der Waals surface area contributed by atoms with Gasteiger partial charge in [-0.1, -0.05) is 330 Å². The van der Waals surface area contributed by atoms with Crippen molar-refractivity contribution in [3.63, 3.8) is 0 Å². The van der Waals surface area contributed by atoms with Gasteiger partial charge in [0.25, 0.3) is 0 Å². The normalized spacial score (nSPS) is 14.3. The van der Waals surface area contributed by atoms with Crippen molar-refractivity contribution in [2.24, 2.45) is 11.8 Å². The van der Waals surface area contributed by atoms with E-state index in [-0.39, 0.29) is 25.7 Å². The van der Waals surface area contributed by atoms with Crippen LogP contribution >= 0.6 is 15.6 Å². The minimum absolute atomic E-state index is 0.106. The number of phosphoric acid groups is 2. The molecule has 552 valence electrons. The van der Waals surface area contributed by atoms with Crippen LogP contribution in [0, 0.1) is 11.8 Å². The minimum Gasteiger partial charge on any atom is -0.462 e. The molecule has 0 saturated carbocycles. The summed E-state index contributed by atoms with van der Waals surface area (Å²) in [6.45, 7) is 9.58. The molecule has 0 aromatic rings. The summed E-state index contributed by atoms with van der Waals surface area (Å²) in [6, 6.07) is 0. The first-order valence-electron chi connectivity index (χ1n) is 38.5. The Labute approximate surface area is 568 Å². The summed E-state index contributed by atoms with van der Waals surface area (Å²) >= 11 is 0. The second kappa shape index (κ2) is 66.0. The van der Waals surface area contributed by atoms with Crippen molar-refractivity contribution in [3.05, 3.63) is 0 Å². The van der Waals surface area contributed by atoms with Crippen molar-refractivity contribution in [2.75, 3.05) is 39.6 Å². The van der Waals surface area contributed by atoms with Crippen LogP contribution in [0.5, 0.6) is 0 Å². The summed E-state index contributed by atoms with van der Waals surface area (Å²) < 4.78 is 68.5. The number of rotatable bonds is 73. The molecule has 0 spiro atoms. The number of aliphatic hydroxyl groups excluding tert-OH is 1. The summed E-state index contributed by atoms with van der Waals surface area (Å²) in [5.41, 5.74) is 0. The Morgan fingerprint density at radius 3 is 0.817 bits per heavy atom. The molecule has 0 rings (SSSR count). The largest absolute Gasteiger partial charge is 0.472 e. The minimum atomic E-state index is -4.95. The average Bonchev–Trinajstić information content (AvgIpc) is 2.26. The van der Waals surface area contributed by atoms with Crippen molar-refractivity contribution in [1.29, 1.82) is 0 Å². The van der Waals surface area contributed by atoms with Gasteiger partial charge in [-0.05, 0) is 37.5 Å². The number of hydrogen-bond donors (Lipinski definition) is 3. The quantitative estimate of drug-likeness (QED) is 0.0222. The van der Waals surface area contributed by atoms with Gasteiger partial charge in [0.15, 0.2) is 12.2 Å². The Balaban J connectivity index is 5.27. The van der Waals surface area contributed by atoms with E-state index in [9.17, 15) is 43.2 Å². The molecule has 0 fully saturated rings. The highest BCUT2D eigenvalue weighted by molar-refractivity contribution is 7.47. The molecule has 0 heterocycles. The SMILES string of the molecule is CCCCCCCCCCCCCCCCC(=O)OC[C@H](COP(=O)(O)OC[C@@H](O)COP(=O)(O)OC[C@@H](COC(=O)CCCCCCCCCCC(C)CC)OC(=O)CCCCCCCCCCCCC(C)C)OC(=O)CCCCCCCCCCCCCCCC. The zero-order chi connectivity index (χ0) is 68.6. The van der Waals surface area contributed by atoms with E-state index in [0.717, 1.165) is 102 Å². The molecule has 19 heteroatoms. The van der Waals surface area contributed by atoms with Crippen molar-refractivity contribution in [3.8, 4) is 0 Å². The lowest BCUT2D eigenvalue weighted by Gasteiger charge is -2.21. The second-order valence-corrected chi connectivity index (χ2v) is 30.3. The Morgan fingerprint density at radius 2 is 0.548 bits per heavy atom. The zero-order valence-corrected chi connectivity index (χ0v) is 62.3. The van der Waals surface area contributed by atoms with Gasteiger partial charge in [-0.25, -0.2) is 9.13 Å². The van der Waals surface area contributed by atoms with Gasteiger partial charge in [-0.2, -0.15) is 0 Å². The lowest BCUT2D eigenvalue weighted by Crippen LogP contribution is -2.30. The van der Waals surface area contributed by atoms with Crippen LogP contribution in [0.3, 0.4) is 0 Å². The molecule has 93 heavy (non-hydrogen) atoms. The first kappa shape index (κ1) is 91.1. The summed E-state index contributed by atoms with van der Waals surface area (Å²) in [5.74, 6) is -0.587. The highest BCUT2D eigenvalue weighted by Gasteiger charge is 2.30. The van der Waals surface area contributed by atoms with Crippen molar-refractivity contribution in [1.82, 2.24) is 0 Å². The number of hydrogen-bond acceptors (Lipinski definition) is 15. The molecule has 0 aliphatic rings. The molecular formula is C74H144O17P2. The summed E-state index contributed by atoms with van der Waals surface area (Å²) in [6.07, 6.45) is 52.5. The lowest BCUT2D eigenvalue weighted by atomic mass is 9.99. The van der Waals surface area contributed by atoms with Gasteiger partial charge in [0.2, 0.25) is 0 Å². The van der Waals surface area contributed by atoms with Gasteiger partial charge < -0.3 is 33.8 Å². The van der Waals surface area contributed by atoms with Gasteiger partial charge >= 0.3 is 39.5 Å². The van der Waals surface area contributed by atoms with Gasteiger partial charge in [0, 0.05) is 25.7 Å². The van der Waals surface area contributed by atoms with Crippen LogP contribution in [0.1, 0.15) is 382 Å². The fourth-order valence-electron chi connectivity index (χ4n) is 11.3. The smallest absolute Gasteiger partial charge is 0.462 e. The Morgan fingerprint density at radius 1 is 0.312 bits per heavy atom. The number of esters is 4. The molecule has 0 bridgehead atoms. The molecule has 3 unspecified atom stereocenters. The third-order valence-electron chi connectivity index (χ3n) is 17.6. The molecule has 17 nitrogen and oxygen atoms in total. The average molecular weight is 1370 g/mol. The van der Waals surface area contributed by atoms with Gasteiger partial charge in [0.1, 0.15) is 19.3 Å². The van der Waals surface area contributed by atoms with Crippen LogP contribution < -0.4 is 0 Å². The standard InChI is InChI=1S/C74H144O17P2/c1-7-10-12-14-16-18-20-22-24-26-31-38-44-50-56-71(76)84-62-69(90-73(78)58-52-46-40-32-27-25-23-21-19-17-15-13-11-8-2)64-88-92(80,81)86-60-68(75)61-87-93(82,83)89-65-70(63-85-72(77)57-51-45-39-35-34-37-43-49-55-67(6)9-3)91-74(79)59-53-47-41-33-29-28-30-36-42-48-54-66(4)5/h66-70,75H,7-65H2,1-6H3,(H,80,81)(H,82,83)/t67?,68-,69-,70-/m1/s1. The van der Waals surface area contributed by atoms with Crippen LogP contribution in [0.15, 0.2) is 0 Å². The van der Waals surface area contributed by atoms with Crippen LogP contribution in [-0.2, 0) is 65.4 Å². The van der Waals surface area contributed by atoms with Crippen molar-refractivity contribution >= 4 is 39.5 Å². The van der Waals surface area contributed by atoms with E-state index in [1.165, 1.54) is 199 Å². The number of carbonyl (C=O) groups excluding carboxylic acids is 4. The fourth-order valence-corrected chi connectivity index (χ4v) is 12.8. The number of carbonyl (C=O) groups is 4. The maximum atomic E-state index is 13.1. The summed E-state index contributed by atoms with van der Waals surface area (Å²) in [5, 5.41) is 10.6. The Hall–Kier alpha value is -1.94. The topological polar surface area (TPSA) is 237 Å². The molecule has 0 aromatic carbocycles. The third kappa shape index (κ3) is 67.0. The van der Waals surface area contributed by atoms with Crippen LogP contribution in [0.2, 0.25) is 0 Å². The molecule has 0 saturated heterocycles. The van der Waals surface area contributed by atoms with E-state index in [1.54, 1.807) is 0 Å². The number of phosphoric ester groups is 2. The lowest BCUT2D eigenvalue weighted by molar-refractivity contribution is -0.161. The first-order chi connectivity index (χ1) is 44.9. The molecule has 0 amide bonds. The maximum Gasteiger partial charge on any atom is 0.472 e. The van der Waals surface area contributed by atoms with E-state index >= 15 is 0 Å². The van der Waals surface area contributed by atoms with Crippen molar-refractivity contribution in [2.45, 2.75) is 400 Å². The van der Waals surface area contributed by atoms with E-state index < -0.39 is 97.5 Å². The van der Waals surface area contributed by atoms with Gasteiger partial charge in [-0.15, -0.1) is 0 Å². The molecule has 3 N–H and O–H groups in total. The summed E-state index contributed by atoms with van der Waals surface area (Å²) in [4.78, 5) is 72.8. The zero-order valence-electron chi connectivity index (χ0n) is 60.6. The van der Waals surface area contributed by atoms with E-state index in [4.69, 9.17) is 37.0 Å². The monoisotopic (exact) mass is 1370 g/mol. The van der Waals surface area contributed by atoms with E-state index in [1.807, 2.05) is 0 Å². The van der Waals surface area contributed by atoms with E-state index in [0.29, 0.717) is 25.7 Å². The second-order valence-electron chi connectivity index (χ2n) is 27.4. The fraction of sp³-hybridized carbons (Fsp3) is 0.946. The number of ether oxygens (including phenoxy) is 4. The highest BCUT2D eigenvalue weighted by Crippen LogP contribution is 2.45. The number of aliphatic hydroxyl groups is 1. The maximum absolute atomic E-state index is 13.1. The Bertz CT molecular complexity index is 1810. The molecule has 0 radical (unpaired) electrons. The van der Waals surface area contributed by atoms with Crippen LogP contribution in [0.25, 0.3) is 0 Å². The molecule has 0 aliphatic carbocycles. The van der Waals surface area contributed by atoms with Gasteiger partial charge in [0.05, 0.1) is 26.4 Å². The van der Waals surface area contributed by atoms with Crippen LogP contribution in [-0.4, -0.2) is 96.7 Å². The summed E-state index contributed by atoms with van der Waals surface area (Å²) in [7, 11) is -9.91. The molecule has 0 aliphatic heterocycles. The third-order valence-corrected chi connectivity index (χ3v) is 19.5. The predicted octanol–water partition coefficient (Wildman–Crippen LogP) is 21.6. The first-order valence-corrected chi connectivity index (χ1v) is 41.5. The molecular weight excluding hydrogens is 1220 g/mol.